The normalized spacial score (nSPS) is 11.7. The van der Waals surface area contributed by atoms with Gasteiger partial charge in [-0.3, -0.25) is 0 Å². The molecule has 108 valence electrons. The highest BCUT2D eigenvalue weighted by atomic mass is 35.5. The fourth-order valence-electron chi connectivity index (χ4n) is 1.54. The van der Waals surface area contributed by atoms with Crippen molar-refractivity contribution in [2.75, 3.05) is 7.05 Å². The molecule has 7 nitrogen and oxygen atoms in total. The number of aromatic nitrogens is 2. The predicted molar refractivity (Wildman–Crippen MR) is 72.5 cm³/mol. The van der Waals surface area contributed by atoms with Crippen molar-refractivity contribution < 1.29 is 12.9 Å². The van der Waals surface area contributed by atoms with Crippen LogP contribution >= 0.6 is 11.6 Å². The lowest BCUT2D eigenvalue weighted by Gasteiger charge is -2.08. The Kier molecular flexibility index (Phi) is 4.71. The Balaban J connectivity index is 2.14. The van der Waals surface area contributed by atoms with Crippen LogP contribution < -0.4 is 10.0 Å². The van der Waals surface area contributed by atoms with Gasteiger partial charge in [-0.2, -0.15) is 4.98 Å². The van der Waals surface area contributed by atoms with E-state index in [1.165, 1.54) is 12.1 Å². The zero-order valence-electron chi connectivity index (χ0n) is 10.6. The molecule has 2 N–H and O–H groups in total. The molecule has 0 bridgehead atoms. The minimum absolute atomic E-state index is 0.0469. The van der Waals surface area contributed by atoms with Gasteiger partial charge in [0.05, 0.1) is 11.4 Å². The van der Waals surface area contributed by atoms with E-state index in [-0.39, 0.29) is 17.3 Å². The molecule has 2 aromatic rings. The minimum atomic E-state index is -3.67. The molecule has 0 aliphatic carbocycles. The van der Waals surface area contributed by atoms with E-state index in [0.717, 1.165) is 12.0 Å². The third-order valence-corrected chi connectivity index (χ3v) is 4.28. The van der Waals surface area contributed by atoms with Crippen LogP contribution in [-0.2, 0) is 23.1 Å². The summed E-state index contributed by atoms with van der Waals surface area (Å²) < 4.78 is 31.0. The molecule has 1 heterocycles. The van der Waals surface area contributed by atoms with Crippen LogP contribution in [0.3, 0.4) is 0 Å². The highest BCUT2D eigenvalue weighted by Gasteiger charge is 2.16. The number of benzene rings is 1. The van der Waals surface area contributed by atoms with Crippen molar-refractivity contribution in [3.8, 4) is 0 Å². The molecular weight excluding hydrogens is 304 g/mol. The maximum Gasteiger partial charge on any atom is 0.241 e. The van der Waals surface area contributed by atoms with Crippen LogP contribution in [0.1, 0.15) is 11.4 Å². The standard InChI is InChI=1S/C11H13ClN4O3S/c1-13-5-8-2-3-9(4-10(8)12)20(17,18)15-6-11-14-7-19-16-11/h2-4,7,13,15H,5-6H2,1H3. The number of rotatable bonds is 6. The molecule has 1 aromatic heterocycles. The molecule has 0 atom stereocenters. The first-order chi connectivity index (χ1) is 9.53. The van der Waals surface area contributed by atoms with Crippen LogP contribution in [0.5, 0.6) is 0 Å². The Morgan fingerprint density at radius 1 is 1.35 bits per heavy atom. The summed E-state index contributed by atoms with van der Waals surface area (Å²) in [6.07, 6.45) is 1.13. The third kappa shape index (κ3) is 3.54. The fourth-order valence-corrected chi connectivity index (χ4v) is 2.86. The molecule has 2 rings (SSSR count). The molecule has 9 heteroatoms. The Morgan fingerprint density at radius 3 is 2.75 bits per heavy atom. The second-order valence-corrected chi connectivity index (χ2v) is 6.13. The van der Waals surface area contributed by atoms with Gasteiger partial charge in [0, 0.05) is 11.6 Å². The van der Waals surface area contributed by atoms with Gasteiger partial charge in [0.2, 0.25) is 16.4 Å². The summed E-state index contributed by atoms with van der Waals surface area (Å²) in [6, 6.07) is 4.58. The highest BCUT2D eigenvalue weighted by molar-refractivity contribution is 7.89. The molecule has 1 aromatic carbocycles. The van der Waals surface area contributed by atoms with Crippen LogP contribution in [0.25, 0.3) is 0 Å². The zero-order valence-corrected chi connectivity index (χ0v) is 12.2. The quantitative estimate of drug-likeness (QED) is 0.822. The average molecular weight is 317 g/mol. The summed E-state index contributed by atoms with van der Waals surface area (Å²) >= 11 is 6.04. The van der Waals surface area contributed by atoms with Gasteiger partial charge < -0.3 is 9.84 Å². The molecule has 0 fully saturated rings. The molecule has 0 saturated heterocycles. The van der Waals surface area contributed by atoms with E-state index in [2.05, 4.69) is 24.7 Å². The Hall–Kier alpha value is -1.48. The van der Waals surface area contributed by atoms with Gasteiger partial charge in [-0.25, -0.2) is 13.1 Å². The fraction of sp³-hybridized carbons (Fsp3) is 0.273. The zero-order chi connectivity index (χ0) is 14.6. The Morgan fingerprint density at radius 2 is 2.15 bits per heavy atom. The van der Waals surface area contributed by atoms with E-state index >= 15 is 0 Å². The monoisotopic (exact) mass is 316 g/mol. The average Bonchev–Trinajstić information content (AvgIpc) is 2.92. The van der Waals surface area contributed by atoms with Crippen molar-refractivity contribution in [1.29, 1.82) is 0 Å². The number of hydrogen-bond acceptors (Lipinski definition) is 6. The molecule has 0 unspecified atom stereocenters. The van der Waals surface area contributed by atoms with Crippen molar-refractivity contribution in [1.82, 2.24) is 20.2 Å². The Bertz CT molecular complexity index is 673. The van der Waals surface area contributed by atoms with Crippen molar-refractivity contribution in [3.63, 3.8) is 0 Å². The first-order valence-electron chi connectivity index (χ1n) is 5.71. The maximum atomic E-state index is 12.1. The lowest BCUT2D eigenvalue weighted by molar-refractivity contribution is 0.409. The van der Waals surface area contributed by atoms with Gasteiger partial charge in [0.1, 0.15) is 0 Å². The lowest BCUT2D eigenvalue weighted by Crippen LogP contribution is -2.24. The number of sulfonamides is 1. The van der Waals surface area contributed by atoms with E-state index in [9.17, 15) is 8.42 Å². The topological polar surface area (TPSA) is 97.1 Å². The van der Waals surface area contributed by atoms with Crippen molar-refractivity contribution in [3.05, 3.63) is 41.0 Å². The smallest absolute Gasteiger partial charge is 0.241 e. The van der Waals surface area contributed by atoms with Crippen LogP contribution in [0.4, 0.5) is 0 Å². The van der Waals surface area contributed by atoms with E-state index in [0.29, 0.717) is 11.6 Å². The summed E-state index contributed by atoms with van der Waals surface area (Å²) in [5.74, 6) is 0.256. The van der Waals surface area contributed by atoms with E-state index in [1.54, 1.807) is 13.1 Å². The first kappa shape index (κ1) is 14.9. The van der Waals surface area contributed by atoms with Gasteiger partial charge in [0.25, 0.3) is 0 Å². The number of nitrogens with zero attached hydrogens (tertiary/aromatic N) is 2. The van der Waals surface area contributed by atoms with Gasteiger partial charge in [-0.15, -0.1) is 0 Å². The molecule has 0 saturated carbocycles. The lowest BCUT2D eigenvalue weighted by atomic mass is 10.2. The van der Waals surface area contributed by atoms with Gasteiger partial charge >= 0.3 is 0 Å². The van der Waals surface area contributed by atoms with Crippen LogP contribution in [-0.4, -0.2) is 25.6 Å². The molecule has 0 aliphatic rings. The molecule has 0 amide bonds. The van der Waals surface area contributed by atoms with Crippen LogP contribution in [0.2, 0.25) is 5.02 Å². The van der Waals surface area contributed by atoms with Crippen LogP contribution in [0.15, 0.2) is 34.0 Å². The third-order valence-electron chi connectivity index (χ3n) is 2.53. The summed E-state index contributed by atoms with van der Waals surface area (Å²) in [4.78, 5) is 3.82. The number of halogens is 1. The molecule has 20 heavy (non-hydrogen) atoms. The van der Waals surface area contributed by atoms with Crippen molar-refractivity contribution >= 4 is 21.6 Å². The minimum Gasteiger partial charge on any atom is -0.343 e. The summed E-state index contributed by atoms with van der Waals surface area (Å²) in [5.41, 5.74) is 0.825. The summed E-state index contributed by atoms with van der Waals surface area (Å²) in [7, 11) is -1.88. The van der Waals surface area contributed by atoms with E-state index in [4.69, 9.17) is 11.6 Å². The second-order valence-electron chi connectivity index (χ2n) is 3.96. The number of nitrogens with one attached hydrogen (secondary N) is 2. The molecular formula is C11H13ClN4O3S. The SMILES string of the molecule is CNCc1ccc(S(=O)(=O)NCc2ncon2)cc1Cl. The van der Waals surface area contributed by atoms with Crippen molar-refractivity contribution in [2.24, 2.45) is 0 Å². The van der Waals surface area contributed by atoms with E-state index in [1.807, 2.05) is 0 Å². The predicted octanol–water partition coefficient (Wildman–Crippen LogP) is 0.921. The maximum absolute atomic E-state index is 12.1. The van der Waals surface area contributed by atoms with Gasteiger partial charge in [-0.05, 0) is 24.7 Å². The highest BCUT2D eigenvalue weighted by Crippen LogP contribution is 2.20. The second kappa shape index (κ2) is 6.31. The summed E-state index contributed by atoms with van der Waals surface area (Å²) in [6.45, 7) is 0.518. The van der Waals surface area contributed by atoms with Crippen molar-refractivity contribution in [2.45, 2.75) is 18.0 Å². The van der Waals surface area contributed by atoms with E-state index < -0.39 is 10.0 Å². The van der Waals surface area contributed by atoms with Gasteiger partial charge in [-0.1, -0.05) is 22.8 Å². The summed E-state index contributed by atoms with van der Waals surface area (Å²) in [5, 5.41) is 6.86. The number of hydrogen-bond donors (Lipinski definition) is 2. The van der Waals surface area contributed by atoms with Gasteiger partial charge in [0.15, 0.2) is 5.82 Å². The Labute approximate surface area is 121 Å². The van der Waals surface area contributed by atoms with Crippen LogP contribution in [0, 0.1) is 0 Å². The first-order valence-corrected chi connectivity index (χ1v) is 7.57. The largest absolute Gasteiger partial charge is 0.343 e. The molecule has 0 radical (unpaired) electrons. The molecule has 0 aliphatic heterocycles. The molecule has 0 spiro atoms.